The zero-order valence-corrected chi connectivity index (χ0v) is 20.6. The molecule has 0 N–H and O–H groups in total. The van der Waals surface area contributed by atoms with E-state index in [1.165, 1.54) is 0 Å². The fourth-order valence-corrected chi connectivity index (χ4v) is 4.22. The summed E-state index contributed by atoms with van der Waals surface area (Å²) < 4.78 is 6.17. The summed E-state index contributed by atoms with van der Waals surface area (Å²) in [5.74, 6) is 0.206. The van der Waals surface area contributed by atoms with Crippen LogP contribution in [0.15, 0.2) is 35.6 Å². The lowest BCUT2D eigenvalue weighted by atomic mass is 9.99. The van der Waals surface area contributed by atoms with Gasteiger partial charge in [-0.3, -0.25) is 19.4 Å². The van der Waals surface area contributed by atoms with Gasteiger partial charge in [0.1, 0.15) is 17.1 Å². The molecule has 0 aromatic heterocycles. The third kappa shape index (κ3) is 4.72. The van der Waals surface area contributed by atoms with Gasteiger partial charge in [-0.15, -0.1) is 0 Å². The van der Waals surface area contributed by atoms with E-state index in [2.05, 4.69) is 13.8 Å². The fraction of sp³-hybridized carbons (Fsp3) is 0.480. The molecule has 1 fully saturated rings. The molecule has 172 valence electrons. The summed E-state index contributed by atoms with van der Waals surface area (Å²) in [6.07, 6.45) is 6.41. The predicted octanol–water partition coefficient (Wildman–Crippen LogP) is 4.75. The standard InChI is InChI=1S/C25H33N3O3S/c1-6-8-10-14-28-24(30)22(23(29)27(25(28)32)13-9-7-2)21-15-17(3)19-12-11-18(26(4)5)16-20(19)31-21/h11-12,15-16H,6-10,13-14H2,1-5H3. The molecule has 0 saturated carbocycles. The van der Waals surface area contributed by atoms with E-state index in [1.807, 2.05) is 44.1 Å². The number of ether oxygens (including phenoxy) is 1. The minimum atomic E-state index is -0.369. The first-order valence-electron chi connectivity index (χ1n) is 11.4. The van der Waals surface area contributed by atoms with Gasteiger partial charge in [-0.25, -0.2) is 0 Å². The molecule has 2 heterocycles. The smallest absolute Gasteiger partial charge is 0.269 e. The topological polar surface area (TPSA) is 53.1 Å². The molecule has 0 aliphatic carbocycles. The van der Waals surface area contributed by atoms with Crippen molar-refractivity contribution in [3.63, 3.8) is 0 Å². The van der Waals surface area contributed by atoms with E-state index in [-0.39, 0.29) is 17.4 Å². The molecule has 0 bridgehead atoms. The Morgan fingerprint density at radius 3 is 2.19 bits per heavy atom. The van der Waals surface area contributed by atoms with Crippen molar-refractivity contribution in [1.82, 2.24) is 9.80 Å². The number of hydrogen-bond acceptors (Lipinski definition) is 5. The Labute approximate surface area is 196 Å². The Morgan fingerprint density at radius 1 is 0.969 bits per heavy atom. The van der Waals surface area contributed by atoms with Crippen LogP contribution in [0.25, 0.3) is 5.57 Å². The number of carbonyl (C=O) groups is 2. The summed E-state index contributed by atoms with van der Waals surface area (Å²) in [5.41, 5.74) is 2.95. The molecule has 3 rings (SSSR count). The molecular weight excluding hydrogens is 422 g/mol. The molecule has 0 unspecified atom stereocenters. The summed E-state index contributed by atoms with van der Waals surface area (Å²) in [4.78, 5) is 32.0. The first-order chi connectivity index (χ1) is 15.3. The molecule has 2 aliphatic heterocycles. The number of rotatable bonds is 8. The largest absolute Gasteiger partial charge is 0.456 e. The van der Waals surface area contributed by atoms with E-state index in [9.17, 15) is 9.59 Å². The van der Waals surface area contributed by atoms with Gasteiger partial charge in [0.05, 0.1) is 0 Å². The van der Waals surface area contributed by atoms with Crippen molar-refractivity contribution >= 4 is 40.4 Å². The number of benzene rings is 1. The number of unbranched alkanes of at least 4 members (excludes halogenated alkanes) is 3. The number of nitrogens with zero attached hydrogens (tertiary/aromatic N) is 3. The van der Waals surface area contributed by atoms with E-state index in [0.717, 1.165) is 48.9 Å². The van der Waals surface area contributed by atoms with E-state index < -0.39 is 0 Å². The number of thiocarbonyl (C=S) groups is 1. The second-order valence-corrected chi connectivity index (χ2v) is 8.87. The Bertz CT molecular complexity index is 981. The first-order valence-corrected chi connectivity index (χ1v) is 11.8. The lowest BCUT2D eigenvalue weighted by molar-refractivity contribution is -0.134. The van der Waals surface area contributed by atoms with Crippen LogP contribution in [0.1, 0.15) is 58.4 Å². The van der Waals surface area contributed by atoms with Crippen LogP contribution in [0.4, 0.5) is 5.69 Å². The molecule has 1 saturated heterocycles. The third-order valence-corrected chi connectivity index (χ3v) is 6.26. The van der Waals surface area contributed by atoms with Crippen molar-refractivity contribution in [2.24, 2.45) is 0 Å². The number of hydrogen-bond donors (Lipinski definition) is 0. The maximum Gasteiger partial charge on any atom is 0.269 e. The zero-order valence-electron chi connectivity index (χ0n) is 19.7. The van der Waals surface area contributed by atoms with Gasteiger partial charge in [0.15, 0.2) is 5.11 Å². The molecule has 1 aromatic carbocycles. The van der Waals surface area contributed by atoms with Crippen molar-refractivity contribution in [2.75, 3.05) is 32.1 Å². The molecule has 6 nitrogen and oxygen atoms in total. The molecule has 0 radical (unpaired) electrons. The van der Waals surface area contributed by atoms with E-state index in [4.69, 9.17) is 17.0 Å². The predicted molar refractivity (Wildman–Crippen MR) is 133 cm³/mol. The van der Waals surface area contributed by atoms with Crippen LogP contribution in [0.3, 0.4) is 0 Å². The van der Waals surface area contributed by atoms with Crippen molar-refractivity contribution in [3.8, 4) is 5.75 Å². The Kier molecular flexibility index (Phi) is 7.72. The number of carbonyl (C=O) groups excluding carboxylic acids is 2. The SMILES string of the molecule is CCCCCN1C(=O)C(=C2C=C(C)c3ccc(N(C)C)cc3O2)C(=O)N(CCCC)C1=S. The highest BCUT2D eigenvalue weighted by Gasteiger charge is 2.41. The van der Waals surface area contributed by atoms with Gasteiger partial charge in [-0.1, -0.05) is 33.1 Å². The number of fused-ring (bicyclic) bond motifs is 1. The summed E-state index contributed by atoms with van der Waals surface area (Å²) in [5, 5.41) is 0.306. The van der Waals surface area contributed by atoms with E-state index in [0.29, 0.717) is 29.7 Å². The average molecular weight is 456 g/mol. The lowest BCUT2D eigenvalue weighted by Gasteiger charge is -2.37. The second kappa shape index (κ2) is 10.3. The van der Waals surface area contributed by atoms with Gasteiger partial charge in [-0.2, -0.15) is 0 Å². The Hall–Kier alpha value is -2.67. The highest BCUT2D eigenvalue weighted by Crippen LogP contribution is 2.37. The van der Waals surface area contributed by atoms with Crippen molar-refractivity contribution in [2.45, 2.75) is 52.9 Å². The lowest BCUT2D eigenvalue weighted by Crippen LogP contribution is -2.57. The fourth-order valence-electron chi connectivity index (χ4n) is 3.87. The van der Waals surface area contributed by atoms with Gasteiger partial charge in [0, 0.05) is 44.5 Å². The van der Waals surface area contributed by atoms with Crippen LogP contribution in [0, 0.1) is 0 Å². The number of allylic oxidation sites excluding steroid dienone is 2. The zero-order chi connectivity index (χ0) is 23.4. The maximum absolute atomic E-state index is 13.5. The van der Waals surface area contributed by atoms with Crippen LogP contribution in [0.2, 0.25) is 0 Å². The molecule has 32 heavy (non-hydrogen) atoms. The quantitative estimate of drug-likeness (QED) is 0.245. The normalized spacial score (nSPS) is 18.5. The summed E-state index contributed by atoms with van der Waals surface area (Å²) >= 11 is 5.58. The van der Waals surface area contributed by atoms with Crippen LogP contribution < -0.4 is 9.64 Å². The third-order valence-electron chi connectivity index (χ3n) is 5.82. The summed E-state index contributed by atoms with van der Waals surface area (Å²) in [7, 11) is 3.92. The van der Waals surface area contributed by atoms with Gasteiger partial charge >= 0.3 is 0 Å². The van der Waals surface area contributed by atoms with Gasteiger partial charge in [0.25, 0.3) is 11.8 Å². The summed E-state index contributed by atoms with van der Waals surface area (Å²) in [6.45, 7) is 7.14. The Morgan fingerprint density at radius 2 is 1.59 bits per heavy atom. The van der Waals surface area contributed by atoms with Crippen LogP contribution >= 0.6 is 12.2 Å². The first kappa shape index (κ1) is 24.0. The molecule has 2 aliphatic rings. The van der Waals surface area contributed by atoms with Crippen LogP contribution in [-0.2, 0) is 9.59 Å². The number of anilines is 1. The van der Waals surface area contributed by atoms with Crippen molar-refractivity contribution < 1.29 is 14.3 Å². The van der Waals surface area contributed by atoms with Crippen molar-refractivity contribution in [3.05, 3.63) is 41.2 Å². The highest BCUT2D eigenvalue weighted by atomic mass is 32.1. The second-order valence-electron chi connectivity index (χ2n) is 8.50. The molecule has 2 amide bonds. The van der Waals surface area contributed by atoms with Crippen LogP contribution in [0.5, 0.6) is 5.75 Å². The van der Waals surface area contributed by atoms with Gasteiger partial charge in [-0.05, 0) is 55.8 Å². The van der Waals surface area contributed by atoms with E-state index in [1.54, 1.807) is 15.9 Å². The van der Waals surface area contributed by atoms with Gasteiger partial charge in [0.2, 0.25) is 0 Å². The van der Waals surface area contributed by atoms with Crippen molar-refractivity contribution in [1.29, 1.82) is 0 Å². The minimum absolute atomic E-state index is 0.0615. The van der Waals surface area contributed by atoms with E-state index >= 15 is 0 Å². The Balaban J connectivity index is 2.05. The monoisotopic (exact) mass is 455 g/mol. The molecule has 0 spiro atoms. The highest BCUT2D eigenvalue weighted by molar-refractivity contribution is 7.80. The number of amides is 2. The van der Waals surface area contributed by atoms with Gasteiger partial charge < -0.3 is 9.64 Å². The average Bonchev–Trinajstić information content (AvgIpc) is 2.75. The summed E-state index contributed by atoms with van der Waals surface area (Å²) in [6, 6.07) is 5.96. The molecule has 7 heteroatoms. The molecule has 0 atom stereocenters. The molecular formula is C25H33N3O3S. The minimum Gasteiger partial charge on any atom is -0.456 e. The maximum atomic E-state index is 13.5. The van der Waals surface area contributed by atoms with Crippen LogP contribution in [-0.4, -0.2) is 53.9 Å². The molecule has 1 aromatic rings.